The first-order chi connectivity index (χ1) is 14.5. The molecule has 0 aliphatic carbocycles. The molecule has 0 aliphatic heterocycles. The fraction of sp³-hybridized carbons (Fsp3) is 0.200. The molecular formula is C20H20ClFN6O2. The Bertz CT molecular complexity index is 1080. The van der Waals surface area contributed by atoms with Gasteiger partial charge in [0, 0.05) is 43.3 Å². The molecular weight excluding hydrogens is 411 g/mol. The van der Waals surface area contributed by atoms with E-state index in [0.717, 1.165) is 12.2 Å². The summed E-state index contributed by atoms with van der Waals surface area (Å²) >= 11 is 6.23. The summed E-state index contributed by atoms with van der Waals surface area (Å²) < 4.78 is 21.8. The zero-order chi connectivity index (χ0) is 21.7. The van der Waals surface area contributed by atoms with Gasteiger partial charge in [-0.2, -0.15) is 5.10 Å². The maximum Gasteiger partial charge on any atom is 0.254 e. The second-order valence-corrected chi connectivity index (χ2v) is 6.51. The van der Waals surface area contributed by atoms with Crippen LogP contribution >= 0.6 is 11.6 Å². The second-order valence-electron chi connectivity index (χ2n) is 6.13. The van der Waals surface area contributed by atoms with Crippen molar-refractivity contribution in [3.05, 3.63) is 58.4 Å². The topological polar surface area (TPSA) is 94.0 Å². The Balaban J connectivity index is 1.83. The predicted octanol–water partition coefficient (Wildman–Crippen LogP) is 3.77. The van der Waals surface area contributed by atoms with Gasteiger partial charge in [0.25, 0.3) is 5.91 Å². The number of carbonyl (C=O) groups excluding carboxylic acids is 1. The van der Waals surface area contributed by atoms with Gasteiger partial charge in [-0.3, -0.25) is 9.48 Å². The van der Waals surface area contributed by atoms with Crippen LogP contribution in [0.15, 0.2) is 30.9 Å². The third-order valence-electron chi connectivity index (χ3n) is 4.22. The number of anilines is 2. The molecule has 10 heteroatoms. The van der Waals surface area contributed by atoms with Crippen molar-refractivity contribution in [2.45, 2.75) is 13.5 Å². The fourth-order valence-electron chi connectivity index (χ4n) is 2.63. The van der Waals surface area contributed by atoms with Gasteiger partial charge in [-0.15, -0.1) is 0 Å². The van der Waals surface area contributed by atoms with Crippen LogP contribution in [0.3, 0.4) is 0 Å². The molecule has 0 fully saturated rings. The maximum absolute atomic E-state index is 14.8. The summed E-state index contributed by atoms with van der Waals surface area (Å²) in [7, 11) is 2.81. The van der Waals surface area contributed by atoms with Crippen LogP contribution in [0.2, 0.25) is 5.02 Å². The third kappa shape index (κ3) is 4.57. The zero-order valence-electron chi connectivity index (χ0n) is 16.6. The normalized spacial score (nSPS) is 11.0. The molecule has 0 spiro atoms. The lowest BCUT2D eigenvalue weighted by Crippen LogP contribution is -2.20. The van der Waals surface area contributed by atoms with Crippen LogP contribution in [0.5, 0.6) is 5.75 Å². The van der Waals surface area contributed by atoms with E-state index in [9.17, 15) is 9.18 Å². The third-order valence-corrected chi connectivity index (χ3v) is 4.61. The highest BCUT2D eigenvalue weighted by atomic mass is 35.5. The number of ether oxygens (including phenoxy) is 1. The van der Waals surface area contributed by atoms with Gasteiger partial charge in [0.1, 0.15) is 11.6 Å². The maximum atomic E-state index is 14.8. The molecule has 0 unspecified atom stereocenters. The highest BCUT2D eigenvalue weighted by Crippen LogP contribution is 2.34. The largest absolute Gasteiger partial charge is 0.495 e. The van der Waals surface area contributed by atoms with Crippen LogP contribution in [0.4, 0.5) is 16.0 Å². The molecule has 2 heterocycles. The highest BCUT2D eigenvalue weighted by molar-refractivity contribution is 6.33. The lowest BCUT2D eigenvalue weighted by atomic mass is 10.1. The summed E-state index contributed by atoms with van der Waals surface area (Å²) in [5.74, 6) is -0.735. The zero-order valence-corrected chi connectivity index (χ0v) is 17.4. The van der Waals surface area contributed by atoms with Crippen LogP contribution in [0.1, 0.15) is 28.4 Å². The van der Waals surface area contributed by atoms with Crippen molar-refractivity contribution in [3.63, 3.8) is 0 Å². The molecule has 0 saturated carbocycles. The highest BCUT2D eigenvalue weighted by Gasteiger charge is 2.20. The molecule has 1 aromatic carbocycles. The first-order valence-electron chi connectivity index (χ1n) is 9.04. The average molecular weight is 431 g/mol. The van der Waals surface area contributed by atoms with E-state index in [1.54, 1.807) is 29.3 Å². The number of halogens is 2. The number of aromatic nitrogens is 4. The molecule has 30 heavy (non-hydrogen) atoms. The van der Waals surface area contributed by atoms with Gasteiger partial charge in [0.15, 0.2) is 0 Å². The van der Waals surface area contributed by atoms with Gasteiger partial charge in [-0.25, -0.2) is 14.4 Å². The van der Waals surface area contributed by atoms with Crippen molar-refractivity contribution in [1.29, 1.82) is 0 Å². The summed E-state index contributed by atoms with van der Waals surface area (Å²) in [6.07, 6.45) is 9.70. The first-order valence-corrected chi connectivity index (χ1v) is 9.42. The standard InChI is InChI=1S/C20H20ClFN6O2/c1-4-28-11-13(10-26-28)27-20-24-8-12(9-25-20)5-6-14-17(21)16(30-3)7-15(18(14)22)19(29)23-2/h5-11H,4H2,1-3H3,(H,23,29)(H,24,25,27)/b6-5+. The van der Waals surface area contributed by atoms with Crippen LogP contribution in [0.25, 0.3) is 12.2 Å². The number of nitrogens with zero attached hydrogens (tertiary/aromatic N) is 4. The van der Waals surface area contributed by atoms with E-state index in [4.69, 9.17) is 16.3 Å². The van der Waals surface area contributed by atoms with Crippen molar-refractivity contribution in [2.75, 3.05) is 19.5 Å². The Morgan fingerprint density at radius 2 is 2.03 bits per heavy atom. The van der Waals surface area contributed by atoms with E-state index < -0.39 is 11.7 Å². The minimum absolute atomic E-state index is 0.0313. The van der Waals surface area contributed by atoms with Crippen molar-refractivity contribution in [2.24, 2.45) is 0 Å². The van der Waals surface area contributed by atoms with E-state index >= 15 is 0 Å². The number of rotatable bonds is 7. The average Bonchev–Trinajstić information content (AvgIpc) is 3.22. The second kappa shape index (κ2) is 9.36. The lowest BCUT2D eigenvalue weighted by molar-refractivity contribution is 0.0958. The SMILES string of the molecule is CCn1cc(Nc2ncc(/C=C/c3c(F)c(C(=O)NC)cc(OC)c3Cl)cn2)cn1. The first kappa shape index (κ1) is 21.3. The van der Waals surface area contributed by atoms with Crippen LogP contribution < -0.4 is 15.4 Å². The van der Waals surface area contributed by atoms with Crippen LogP contribution in [0, 0.1) is 5.82 Å². The summed E-state index contributed by atoms with van der Waals surface area (Å²) in [5, 5.41) is 9.67. The summed E-state index contributed by atoms with van der Waals surface area (Å²) in [5.41, 5.74) is 1.25. The number of carbonyl (C=O) groups is 1. The van der Waals surface area contributed by atoms with Crippen LogP contribution in [-0.2, 0) is 6.54 Å². The Hall–Kier alpha value is -3.46. The van der Waals surface area contributed by atoms with E-state index in [1.807, 2.05) is 13.1 Å². The Morgan fingerprint density at radius 1 is 1.30 bits per heavy atom. The number of amides is 1. The van der Waals surface area contributed by atoms with Crippen molar-refractivity contribution in [3.8, 4) is 5.75 Å². The fourth-order valence-corrected chi connectivity index (χ4v) is 2.90. The van der Waals surface area contributed by atoms with E-state index in [2.05, 4.69) is 25.7 Å². The van der Waals surface area contributed by atoms with Gasteiger partial charge in [0.05, 0.1) is 29.6 Å². The van der Waals surface area contributed by atoms with Gasteiger partial charge >= 0.3 is 0 Å². The molecule has 0 radical (unpaired) electrons. The molecule has 2 aromatic heterocycles. The molecule has 3 aromatic rings. The number of benzene rings is 1. The summed E-state index contributed by atoms with van der Waals surface area (Å²) in [6.45, 7) is 2.75. The van der Waals surface area contributed by atoms with Crippen molar-refractivity contribution >= 4 is 41.3 Å². The molecule has 8 nitrogen and oxygen atoms in total. The molecule has 0 atom stereocenters. The molecule has 3 rings (SSSR count). The number of methoxy groups -OCH3 is 1. The number of aryl methyl sites for hydroxylation is 1. The smallest absolute Gasteiger partial charge is 0.254 e. The van der Waals surface area contributed by atoms with E-state index in [-0.39, 0.29) is 21.9 Å². The Labute approximate surface area is 177 Å². The van der Waals surface area contributed by atoms with Gasteiger partial charge < -0.3 is 15.4 Å². The van der Waals surface area contributed by atoms with Crippen molar-refractivity contribution < 1.29 is 13.9 Å². The quantitative estimate of drug-likeness (QED) is 0.592. The molecule has 2 N–H and O–H groups in total. The summed E-state index contributed by atoms with van der Waals surface area (Å²) in [4.78, 5) is 20.4. The number of hydrogen-bond donors (Lipinski definition) is 2. The van der Waals surface area contributed by atoms with E-state index in [1.165, 1.54) is 26.3 Å². The van der Waals surface area contributed by atoms with Gasteiger partial charge in [0.2, 0.25) is 5.95 Å². The van der Waals surface area contributed by atoms with E-state index in [0.29, 0.717) is 11.5 Å². The monoisotopic (exact) mass is 430 g/mol. The molecule has 0 bridgehead atoms. The number of hydrogen-bond acceptors (Lipinski definition) is 6. The van der Waals surface area contributed by atoms with Gasteiger partial charge in [-0.1, -0.05) is 17.7 Å². The molecule has 0 saturated heterocycles. The Kier molecular flexibility index (Phi) is 6.63. The minimum atomic E-state index is -0.747. The number of nitrogens with one attached hydrogen (secondary N) is 2. The Morgan fingerprint density at radius 3 is 2.63 bits per heavy atom. The van der Waals surface area contributed by atoms with Crippen molar-refractivity contribution in [1.82, 2.24) is 25.1 Å². The van der Waals surface area contributed by atoms with Crippen LogP contribution in [-0.4, -0.2) is 39.8 Å². The van der Waals surface area contributed by atoms with Gasteiger partial charge in [-0.05, 0) is 19.1 Å². The lowest BCUT2D eigenvalue weighted by Gasteiger charge is -2.11. The molecule has 1 amide bonds. The molecule has 0 aliphatic rings. The minimum Gasteiger partial charge on any atom is -0.495 e. The predicted molar refractivity (Wildman–Crippen MR) is 113 cm³/mol. The summed E-state index contributed by atoms with van der Waals surface area (Å²) in [6, 6.07) is 1.26. The molecule has 156 valence electrons.